The zero-order valence-corrected chi connectivity index (χ0v) is 55.3. The number of imidazole rings is 2. The molecule has 4 aliphatic rings. The molecule has 2 fully saturated rings. The minimum atomic E-state index is -2.21. The number of hydrogen-bond donors (Lipinski definition) is 2. The van der Waals surface area contributed by atoms with Gasteiger partial charge in [0.05, 0.1) is 47.9 Å². The van der Waals surface area contributed by atoms with Crippen molar-refractivity contribution in [1.29, 1.82) is 10.5 Å². The third kappa shape index (κ3) is 18.7. The summed E-state index contributed by atoms with van der Waals surface area (Å²) >= 11 is 0. The fourth-order valence-corrected chi connectivity index (χ4v) is 12.7. The Balaban J connectivity index is 0.000000261. The lowest BCUT2D eigenvalue weighted by molar-refractivity contribution is -0.162. The fraction of sp³-hybridized carbons (Fsp3) is 0.636. The molecule has 2 aliphatic carbocycles. The maximum Gasteiger partial charge on any atom is 0.291 e. The first kappa shape index (κ1) is 55.0. The Kier molecular flexibility index (Phi) is 16.9. The number of carbonyl (C=O) groups excluding carboxylic acids is 2. The van der Waals surface area contributed by atoms with Crippen LogP contribution in [-0.2, 0) is 32.4 Å². The summed E-state index contributed by atoms with van der Waals surface area (Å²) in [6.45, 7) is 38.1. The topological polar surface area (TPSA) is 204 Å². The molecule has 4 aromatic rings. The second-order valence-electron chi connectivity index (χ2n) is 29.4. The average Bonchev–Trinajstić information content (AvgIpc) is 0.886. The van der Waals surface area contributed by atoms with Gasteiger partial charge in [-0.1, -0.05) is 79.1 Å². The maximum atomic E-state index is 13.8. The molecular weight excluding hydrogens is 1080 g/mol. The van der Waals surface area contributed by atoms with Crippen molar-refractivity contribution in [3.05, 3.63) is 94.6 Å². The zero-order valence-electron chi connectivity index (χ0n) is 61.3. The van der Waals surface area contributed by atoms with Gasteiger partial charge in [0.15, 0.2) is 11.4 Å². The van der Waals surface area contributed by atoms with Gasteiger partial charge in [0.1, 0.15) is 25.6 Å². The van der Waals surface area contributed by atoms with Gasteiger partial charge >= 0.3 is 0 Å². The van der Waals surface area contributed by atoms with Gasteiger partial charge in [-0.05, 0) is 178 Å². The normalized spacial score (nSPS) is 24.6. The highest BCUT2D eigenvalue weighted by Gasteiger charge is 2.42. The molecule has 18 heteroatoms. The highest BCUT2D eigenvalue weighted by atomic mass is 28.3. The second kappa shape index (κ2) is 25.8. The van der Waals surface area contributed by atoms with Crippen molar-refractivity contribution in [1.82, 2.24) is 29.1 Å². The molecule has 2 saturated heterocycles. The first-order valence-corrected chi connectivity index (χ1v) is 36.9. The van der Waals surface area contributed by atoms with Crippen LogP contribution in [0.4, 0.5) is 11.4 Å². The van der Waals surface area contributed by atoms with Gasteiger partial charge in [-0.25, -0.2) is 9.97 Å². The van der Waals surface area contributed by atoms with E-state index >= 15 is 0 Å². The van der Waals surface area contributed by atoms with Crippen LogP contribution in [0.3, 0.4) is 0 Å². The molecular formula is C66H98N10O6Si2. The van der Waals surface area contributed by atoms with Gasteiger partial charge in [0, 0.05) is 73.2 Å². The standard InChI is InChI=1S/2C33H49N5O3Si/c2*1-31(2)14-12-23(13-15-31)28-27(11-10-26(36-28)24-18-32(3,4)41-33(5,6)19-24)37-30(39)29-35-25(20-34)21-38(29)22-40-16-17-42(7,8)9/h2*10-12,21,24H,13-19,22H2,1-9H3,(H,37,39)/i12D,13D2,15D;12D,13D2,14D. The quantitative estimate of drug-likeness (QED) is 0.0705. The number of nitrogens with zero attached hydrogens (tertiary/aromatic N) is 8. The van der Waals surface area contributed by atoms with Crippen molar-refractivity contribution in [3.8, 4) is 12.1 Å². The Labute approximate surface area is 515 Å². The number of aromatic nitrogens is 6. The zero-order chi connectivity index (χ0) is 68.9. The van der Waals surface area contributed by atoms with Gasteiger partial charge in [-0.15, -0.1) is 0 Å². The van der Waals surface area contributed by atoms with Gasteiger partial charge in [0.2, 0.25) is 11.6 Å². The van der Waals surface area contributed by atoms with E-state index in [2.05, 4.69) is 59.9 Å². The minimum absolute atomic E-state index is 0.00490. The highest BCUT2D eigenvalue weighted by Crippen LogP contribution is 2.47. The van der Waals surface area contributed by atoms with Crippen LogP contribution >= 0.6 is 0 Å². The van der Waals surface area contributed by atoms with E-state index < -0.39 is 86.7 Å². The number of ether oxygens (including phenoxy) is 4. The number of carbonyl (C=O) groups is 2. The summed E-state index contributed by atoms with van der Waals surface area (Å²) in [5.41, 5.74) is -0.927. The van der Waals surface area contributed by atoms with E-state index in [4.69, 9.17) is 39.9 Å². The molecule has 0 bridgehead atoms. The predicted molar refractivity (Wildman–Crippen MR) is 340 cm³/mol. The van der Waals surface area contributed by atoms with E-state index in [0.29, 0.717) is 50.3 Å². The first-order valence-electron chi connectivity index (χ1n) is 33.7. The van der Waals surface area contributed by atoms with Crippen LogP contribution in [-0.4, -0.2) is 92.7 Å². The van der Waals surface area contributed by atoms with Crippen LogP contribution in [0.15, 0.2) is 48.8 Å². The average molecular weight is 1190 g/mol. The number of rotatable bonds is 18. The lowest BCUT2D eigenvalue weighted by Crippen LogP contribution is -2.44. The van der Waals surface area contributed by atoms with Crippen molar-refractivity contribution in [2.24, 2.45) is 10.8 Å². The summed E-state index contributed by atoms with van der Waals surface area (Å²) in [5, 5.41) is 24.8. The fourth-order valence-electron chi connectivity index (χ4n) is 11.2. The summed E-state index contributed by atoms with van der Waals surface area (Å²) in [4.78, 5) is 45.9. The predicted octanol–water partition coefficient (Wildman–Crippen LogP) is 15.5. The van der Waals surface area contributed by atoms with Crippen molar-refractivity contribution in [2.75, 3.05) is 23.8 Å². The third-order valence-corrected chi connectivity index (χ3v) is 18.4. The summed E-state index contributed by atoms with van der Waals surface area (Å²) in [6, 6.07) is 12.8. The summed E-state index contributed by atoms with van der Waals surface area (Å²) < 4.78 is 99.1. The number of nitriles is 2. The van der Waals surface area contributed by atoms with Crippen LogP contribution < -0.4 is 10.6 Å². The lowest BCUT2D eigenvalue weighted by Gasteiger charge is -2.45. The van der Waals surface area contributed by atoms with E-state index in [1.165, 1.54) is 21.5 Å². The molecule has 0 aromatic carbocycles. The van der Waals surface area contributed by atoms with Crippen molar-refractivity contribution < 1.29 is 39.5 Å². The number of amides is 2. The molecule has 84 heavy (non-hydrogen) atoms. The summed E-state index contributed by atoms with van der Waals surface area (Å²) in [7, 11) is -2.66. The molecule has 0 radical (unpaired) electrons. The van der Waals surface area contributed by atoms with Gasteiger partial charge in [-0.2, -0.15) is 10.5 Å². The molecule has 2 amide bonds. The van der Waals surface area contributed by atoms with E-state index in [0.717, 1.165) is 12.1 Å². The molecule has 2 N–H and O–H groups in total. The molecule has 2 unspecified atom stereocenters. The molecule has 16 nitrogen and oxygen atoms in total. The number of anilines is 2. The van der Waals surface area contributed by atoms with Crippen LogP contribution in [0.2, 0.25) is 51.4 Å². The van der Waals surface area contributed by atoms with E-state index in [9.17, 15) is 20.1 Å². The smallest absolute Gasteiger partial charge is 0.291 e. The highest BCUT2D eigenvalue weighted by molar-refractivity contribution is 6.76. The Bertz CT molecular complexity index is 3540. The molecule has 8 rings (SSSR count). The van der Waals surface area contributed by atoms with Crippen molar-refractivity contribution in [3.63, 3.8) is 0 Å². The second-order valence-corrected chi connectivity index (χ2v) is 40.6. The Morgan fingerprint density at radius 2 is 1.04 bits per heavy atom. The Morgan fingerprint density at radius 3 is 1.43 bits per heavy atom. The van der Waals surface area contributed by atoms with Crippen LogP contribution in [0, 0.1) is 33.5 Å². The Hall–Kier alpha value is -5.61. The van der Waals surface area contributed by atoms with E-state index in [1.807, 2.05) is 79.7 Å². The largest absolute Gasteiger partial charge is 0.370 e. The SMILES string of the molecule is [2H]C1=C(c2nc(C3CC(C)(C)OC(C)(C)C3)ccc2NC(=O)c2nc(C#N)cn2COCC[Si](C)(C)C)C([2H])([2H])C([2H])C(C)(C)C1.[2H]C1=C(c2nc(C3CC(C)(C)OC(C)(C)C3)ccc2NC(=O)c2nc(C#N)cn2COCC[Si](C)(C)C)C([2H])([2H])CC(C)(C)C1[2H]. The summed E-state index contributed by atoms with van der Waals surface area (Å²) in [6.07, 6.45) is -0.426. The number of hydrogen-bond acceptors (Lipinski definition) is 12. The van der Waals surface area contributed by atoms with Crippen LogP contribution in [0.25, 0.3) is 11.1 Å². The maximum absolute atomic E-state index is 13.8. The van der Waals surface area contributed by atoms with E-state index in [-0.39, 0.29) is 107 Å². The number of allylic oxidation sites excluding steroid dienone is 4. The minimum Gasteiger partial charge on any atom is -0.370 e. The third-order valence-electron chi connectivity index (χ3n) is 15.0. The summed E-state index contributed by atoms with van der Waals surface area (Å²) in [5.74, 6) is -1.32. The van der Waals surface area contributed by atoms with Crippen molar-refractivity contribution >= 4 is 50.5 Å². The lowest BCUT2D eigenvalue weighted by atomic mass is 9.77. The molecule has 0 saturated carbocycles. The molecule has 2 atom stereocenters. The van der Waals surface area contributed by atoms with Gasteiger partial charge in [-0.3, -0.25) is 19.6 Å². The van der Waals surface area contributed by atoms with Gasteiger partial charge in [0.25, 0.3) is 11.8 Å². The van der Waals surface area contributed by atoms with E-state index in [1.54, 1.807) is 39.8 Å². The molecule has 0 spiro atoms. The van der Waals surface area contributed by atoms with Crippen LogP contribution in [0.1, 0.15) is 225 Å². The Morgan fingerprint density at radius 1 is 0.631 bits per heavy atom. The van der Waals surface area contributed by atoms with Gasteiger partial charge < -0.3 is 38.7 Å². The number of nitrogens with one attached hydrogen (secondary N) is 2. The molecule has 6 heterocycles. The number of pyridine rings is 2. The first-order chi connectivity index (χ1) is 42.1. The molecule has 2 aliphatic heterocycles. The molecule has 4 aromatic heterocycles. The monoisotopic (exact) mass is 1190 g/mol. The molecule has 456 valence electrons. The van der Waals surface area contributed by atoms with Crippen molar-refractivity contribution in [2.45, 2.75) is 246 Å². The van der Waals surface area contributed by atoms with Crippen LogP contribution in [0.5, 0.6) is 0 Å².